The Balaban J connectivity index is 1.50. The molecular weight excluding hydrogens is 444 g/mol. The lowest BCUT2D eigenvalue weighted by Gasteiger charge is -2.22. The Kier molecular flexibility index (Phi) is 10.6. The molecule has 1 heterocycles. The zero-order valence-electron chi connectivity index (χ0n) is 20.1. The number of benzene rings is 2. The molecule has 3 amide bonds. The molecule has 1 unspecified atom stereocenters. The van der Waals surface area contributed by atoms with E-state index in [4.69, 9.17) is 5.21 Å². The first-order valence-electron chi connectivity index (χ1n) is 12.4. The van der Waals surface area contributed by atoms with Gasteiger partial charge in [-0.15, -0.1) is 0 Å². The number of hydrogen-bond donors (Lipinski definition) is 5. The quantitative estimate of drug-likeness (QED) is 0.162. The molecule has 188 valence electrons. The van der Waals surface area contributed by atoms with Crippen molar-refractivity contribution in [1.29, 1.82) is 0 Å². The van der Waals surface area contributed by atoms with Crippen LogP contribution in [0.2, 0.25) is 0 Å². The summed E-state index contributed by atoms with van der Waals surface area (Å²) in [5.41, 5.74) is 5.07. The lowest BCUT2D eigenvalue weighted by Crippen LogP contribution is -2.47. The fourth-order valence-electron chi connectivity index (χ4n) is 4.43. The first-order chi connectivity index (χ1) is 17.1. The minimum Gasteiger partial charge on any atom is -0.384 e. The third kappa shape index (κ3) is 8.72. The molecule has 1 aliphatic heterocycles. The minimum atomic E-state index is -0.614. The van der Waals surface area contributed by atoms with Gasteiger partial charge >= 0.3 is 0 Å². The van der Waals surface area contributed by atoms with Crippen LogP contribution in [0.3, 0.4) is 0 Å². The Hall–Kier alpha value is -3.39. The average Bonchev–Trinajstić information content (AvgIpc) is 3.28. The predicted octanol–water partition coefficient (Wildman–Crippen LogP) is 3.28. The Labute approximate surface area is 206 Å². The highest BCUT2D eigenvalue weighted by atomic mass is 16.5. The van der Waals surface area contributed by atoms with Gasteiger partial charge < -0.3 is 16.0 Å². The molecule has 5 N–H and O–H groups in total. The van der Waals surface area contributed by atoms with Crippen molar-refractivity contribution in [2.75, 3.05) is 18.4 Å². The van der Waals surface area contributed by atoms with Crippen LogP contribution in [-0.4, -0.2) is 42.1 Å². The Morgan fingerprint density at radius 1 is 0.914 bits per heavy atom. The zero-order valence-corrected chi connectivity index (χ0v) is 20.1. The van der Waals surface area contributed by atoms with Gasteiger partial charge in [0, 0.05) is 37.5 Å². The maximum atomic E-state index is 13.0. The van der Waals surface area contributed by atoms with Crippen LogP contribution in [0.4, 0.5) is 5.69 Å². The largest absolute Gasteiger partial charge is 0.384 e. The van der Waals surface area contributed by atoms with E-state index in [2.05, 4.69) is 34.1 Å². The molecule has 35 heavy (non-hydrogen) atoms. The van der Waals surface area contributed by atoms with Crippen LogP contribution in [-0.2, 0) is 20.8 Å². The average molecular weight is 481 g/mol. The van der Waals surface area contributed by atoms with Crippen molar-refractivity contribution >= 4 is 23.4 Å². The molecule has 2 atom stereocenters. The molecule has 0 spiro atoms. The van der Waals surface area contributed by atoms with Gasteiger partial charge in [-0.3, -0.25) is 19.6 Å². The van der Waals surface area contributed by atoms with E-state index in [1.54, 1.807) is 5.48 Å². The molecule has 8 nitrogen and oxygen atoms in total. The van der Waals surface area contributed by atoms with E-state index in [1.165, 1.54) is 11.1 Å². The van der Waals surface area contributed by atoms with E-state index in [1.807, 2.05) is 36.4 Å². The molecule has 0 radical (unpaired) electrons. The van der Waals surface area contributed by atoms with Gasteiger partial charge in [-0.05, 0) is 49.3 Å². The molecule has 0 aliphatic carbocycles. The fourth-order valence-corrected chi connectivity index (χ4v) is 4.43. The smallest absolute Gasteiger partial charge is 0.243 e. The van der Waals surface area contributed by atoms with E-state index in [9.17, 15) is 14.4 Å². The lowest BCUT2D eigenvalue weighted by molar-refractivity contribution is -0.129. The lowest BCUT2D eigenvalue weighted by atomic mass is 9.93. The van der Waals surface area contributed by atoms with Crippen molar-refractivity contribution < 1.29 is 19.6 Å². The summed E-state index contributed by atoms with van der Waals surface area (Å²) in [7, 11) is 0. The van der Waals surface area contributed by atoms with Crippen LogP contribution in [0.1, 0.15) is 62.0 Å². The number of carbonyl (C=O) groups excluding carboxylic acids is 3. The SMILES string of the molecule is O=C(CCCCCNC(=O)[C@H](CC1CNc2ccccc21)NC(=O)CCCc1ccccc1)NO. The van der Waals surface area contributed by atoms with Gasteiger partial charge in [0.15, 0.2) is 0 Å². The zero-order chi connectivity index (χ0) is 24.9. The highest BCUT2D eigenvalue weighted by molar-refractivity contribution is 5.87. The van der Waals surface area contributed by atoms with Crippen molar-refractivity contribution in [2.24, 2.45) is 0 Å². The Bertz CT molecular complexity index is 967. The van der Waals surface area contributed by atoms with Crippen molar-refractivity contribution in [1.82, 2.24) is 16.1 Å². The van der Waals surface area contributed by atoms with Crippen molar-refractivity contribution in [3.8, 4) is 0 Å². The second kappa shape index (κ2) is 14.1. The topological polar surface area (TPSA) is 120 Å². The molecule has 8 heteroatoms. The molecule has 0 aromatic heterocycles. The van der Waals surface area contributed by atoms with Crippen molar-refractivity contribution in [3.63, 3.8) is 0 Å². The first kappa shape index (κ1) is 26.2. The first-order valence-corrected chi connectivity index (χ1v) is 12.4. The second-order valence-corrected chi connectivity index (χ2v) is 9.00. The Morgan fingerprint density at radius 2 is 1.66 bits per heavy atom. The van der Waals surface area contributed by atoms with E-state index in [-0.39, 0.29) is 24.2 Å². The normalized spacial score (nSPS) is 14.9. The summed E-state index contributed by atoms with van der Waals surface area (Å²) >= 11 is 0. The molecule has 0 fully saturated rings. The summed E-state index contributed by atoms with van der Waals surface area (Å²) in [4.78, 5) is 36.8. The van der Waals surface area contributed by atoms with Gasteiger partial charge in [0.05, 0.1) is 0 Å². The number of aryl methyl sites for hydroxylation is 1. The molecule has 1 aliphatic rings. The summed E-state index contributed by atoms with van der Waals surface area (Å²) < 4.78 is 0. The molecular formula is C27H36N4O4. The maximum Gasteiger partial charge on any atom is 0.243 e. The number of carbonyl (C=O) groups is 3. The summed E-state index contributed by atoms with van der Waals surface area (Å²) in [6, 6.07) is 17.5. The van der Waals surface area contributed by atoms with Gasteiger partial charge in [0.1, 0.15) is 6.04 Å². The van der Waals surface area contributed by atoms with Gasteiger partial charge in [-0.25, -0.2) is 5.48 Å². The van der Waals surface area contributed by atoms with Crippen LogP contribution >= 0.6 is 0 Å². The van der Waals surface area contributed by atoms with Crippen LogP contribution in [0, 0.1) is 0 Å². The number of rotatable bonds is 14. The number of fused-ring (bicyclic) bond motifs is 1. The fraction of sp³-hybridized carbons (Fsp3) is 0.444. The van der Waals surface area contributed by atoms with E-state index < -0.39 is 11.9 Å². The summed E-state index contributed by atoms with van der Waals surface area (Å²) in [6.07, 6.45) is 4.79. The summed E-state index contributed by atoms with van der Waals surface area (Å²) in [6.45, 7) is 1.21. The number of amides is 3. The van der Waals surface area contributed by atoms with Crippen molar-refractivity contribution in [3.05, 3.63) is 65.7 Å². The van der Waals surface area contributed by atoms with Gasteiger partial charge in [0.25, 0.3) is 0 Å². The number of hydrogen-bond acceptors (Lipinski definition) is 5. The second-order valence-electron chi connectivity index (χ2n) is 9.00. The number of anilines is 1. The Morgan fingerprint density at radius 3 is 2.46 bits per heavy atom. The highest BCUT2D eigenvalue weighted by Crippen LogP contribution is 2.34. The van der Waals surface area contributed by atoms with E-state index in [0.29, 0.717) is 25.8 Å². The summed E-state index contributed by atoms with van der Waals surface area (Å²) in [5, 5.41) is 17.8. The molecule has 3 rings (SSSR count). The minimum absolute atomic E-state index is 0.115. The van der Waals surface area contributed by atoms with Crippen LogP contribution in [0.5, 0.6) is 0 Å². The van der Waals surface area contributed by atoms with Crippen LogP contribution < -0.4 is 21.4 Å². The van der Waals surface area contributed by atoms with Crippen LogP contribution in [0.15, 0.2) is 54.6 Å². The number of nitrogens with one attached hydrogen (secondary N) is 4. The maximum absolute atomic E-state index is 13.0. The molecule has 2 aromatic rings. The number of para-hydroxylation sites is 1. The third-order valence-corrected chi connectivity index (χ3v) is 6.33. The van der Waals surface area contributed by atoms with Crippen molar-refractivity contribution in [2.45, 2.75) is 63.3 Å². The predicted molar refractivity (Wildman–Crippen MR) is 135 cm³/mol. The molecule has 0 saturated carbocycles. The third-order valence-electron chi connectivity index (χ3n) is 6.33. The molecule has 2 aromatic carbocycles. The monoisotopic (exact) mass is 480 g/mol. The molecule has 0 bridgehead atoms. The summed E-state index contributed by atoms with van der Waals surface area (Å²) in [5.74, 6) is -0.563. The van der Waals surface area contributed by atoms with Gasteiger partial charge in [0.2, 0.25) is 17.7 Å². The van der Waals surface area contributed by atoms with E-state index in [0.717, 1.165) is 37.9 Å². The number of hydroxylamine groups is 1. The highest BCUT2D eigenvalue weighted by Gasteiger charge is 2.29. The van der Waals surface area contributed by atoms with Crippen LogP contribution in [0.25, 0.3) is 0 Å². The number of unbranched alkanes of at least 4 members (excludes halogenated alkanes) is 2. The molecule has 0 saturated heterocycles. The standard InChI is InChI=1S/C27H36N4O4/c32-25(16-9-12-20-10-3-1-4-11-20)30-24(18-21-19-29-23-14-7-6-13-22(21)23)27(34)28-17-8-2-5-15-26(33)31-35/h1,3-4,6-7,10-11,13-14,21,24,29,35H,2,5,8-9,12,15-19H2,(H,28,34)(H,30,32)(H,31,33)/t21?,24-/m0/s1. The van der Waals surface area contributed by atoms with E-state index >= 15 is 0 Å². The van der Waals surface area contributed by atoms with Gasteiger partial charge in [-0.1, -0.05) is 55.0 Å². The van der Waals surface area contributed by atoms with Gasteiger partial charge in [-0.2, -0.15) is 0 Å².